The molecule has 0 spiro atoms. The fourth-order valence-electron chi connectivity index (χ4n) is 0.920. The van der Waals surface area contributed by atoms with Crippen molar-refractivity contribution in [3.05, 3.63) is 0 Å². The molecule has 1 unspecified atom stereocenters. The zero-order chi connectivity index (χ0) is 10.3. The summed E-state index contributed by atoms with van der Waals surface area (Å²) in [6, 6.07) is 0. The lowest BCUT2D eigenvalue weighted by molar-refractivity contribution is -0.160. The van der Waals surface area contributed by atoms with Gasteiger partial charge in [0, 0.05) is 0 Å². The van der Waals surface area contributed by atoms with Crippen LogP contribution in [-0.2, 0) is 14.2 Å². The number of ether oxygens (including phenoxy) is 3. The Kier molecular flexibility index (Phi) is 7.23. The van der Waals surface area contributed by atoms with Crippen LogP contribution in [0.5, 0.6) is 0 Å². The summed E-state index contributed by atoms with van der Waals surface area (Å²) in [5.74, 6) is 0. The van der Waals surface area contributed by atoms with Crippen molar-refractivity contribution in [1.29, 1.82) is 0 Å². The van der Waals surface area contributed by atoms with E-state index in [9.17, 15) is 0 Å². The SMILES string of the molecule is CC(C)OCCOC(C)OC(C)C. The highest BCUT2D eigenvalue weighted by Gasteiger charge is 2.04. The number of hydrogen-bond acceptors (Lipinski definition) is 3. The van der Waals surface area contributed by atoms with Crippen molar-refractivity contribution >= 4 is 0 Å². The summed E-state index contributed by atoms with van der Waals surface area (Å²) in [5.41, 5.74) is 0. The van der Waals surface area contributed by atoms with Crippen LogP contribution in [0.4, 0.5) is 0 Å². The topological polar surface area (TPSA) is 27.7 Å². The van der Waals surface area contributed by atoms with Gasteiger partial charge < -0.3 is 14.2 Å². The van der Waals surface area contributed by atoms with E-state index in [1.165, 1.54) is 0 Å². The maximum atomic E-state index is 5.38. The third-order valence-electron chi connectivity index (χ3n) is 1.35. The Morgan fingerprint density at radius 2 is 1.31 bits per heavy atom. The summed E-state index contributed by atoms with van der Waals surface area (Å²) >= 11 is 0. The van der Waals surface area contributed by atoms with Gasteiger partial charge in [-0.3, -0.25) is 0 Å². The zero-order valence-corrected chi connectivity index (χ0v) is 9.37. The molecule has 0 aliphatic heterocycles. The van der Waals surface area contributed by atoms with Crippen LogP contribution < -0.4 is 0 Å². The third-order valence-corrected chi connectivity index (χ3v) is 1.35. The van der Waals surface area contributed by atoms with Crippen LogP contribution in [0, 0.1) is 0 Å². The molecule has 0 saturated carbocycles. The minimum absolute atomic E-state index is 0.143. The van der Waals surface area contributed by atoms with Crippen molar-refractivity contribution in [2.24, 2.45) is 0 Å². The second-order valence-electron chi connectivity index (χ2n) is 3.54. The fraction of sp³-hybridized carbons (Fsp3) is 1.00. The lowest BCUT2D eigenvalue weighted by atomic mass is 10.5. The van der Waals surface area contributed by atoms with Gasteiger partial charge in [0.25, 0.3) is 0 Å². The summed E-state index contributed by atoms with van der Waals surface area (Å²) < 4.78 is 16.1. The summed E-state index contributed by atoms with van der Waals surface area (Å²) in [5, 5.41) is 0. The lowest BCUT2D eigenvalue weighted by Crippen LogP contribution is -2.20. The van der Waals surface area contributed by atoms with Crippen LogP contribution in [0.1, 0.15) is 34.6 Å². The molecule has 0 aromatic rings. The summed E-state index contributed by atoms with van der Waals surface area (Å²) in [4.78, 5) is 0. The Morgan fingerprint density at radius 3 is 1.77 bits per heavy atom. The molecule has 0 aliphatic rings. The molecule has 0 N–H and O–H groups in total. The first-order valence-electron chi connectivity index (χ1n) is 4.91. The quantitative estimate of drug-likeness (QED) is 0.455. The van der Waals surface area contributed by atoms with Gasteiger partial charge in [-0.25, -0.2) is 0 Å². The maximum Gasteiger partial charge on any atom is 0.155 e. The van der Waals surface area contributed by atoms with Gasteiger partial charge in [0.1, 0.15) is 0 Å². The van der Waals surface area contributed by atoms with E-state index in [4.69, 9.17) is 14.2 Å². The Balaban J connectivity index is 3.22. The summed E-state index contributed by atoms with van der Waals surface area (Å²) in [7, 11) is 0. The third kappa shape index (κ3) is 9.80. The molecule has 0 aromatic heterocycles. The van der Waals surface area contributed by atoms with Gasteiger partial charge in [-0.1, -0.05) is 0 Å². The van der Waals surface area contributed by atoms with Crippen LogP contribution in [-0.4, -0.2) is 31.7 Å². The molecule has 0 radical (unpaired) electrons. The second-order valence-corrected chi connectivity index (χ2v) is 3.54. The predicted octanol–water partition coefficient (Wildman–Crippen LogP) is 2.20. The molecule has 0 bridgehead atoms. The van der Waals surface area contributed by atoms with E-state index < -0.39 is 0 Å². The molecule has 0 aromatic carbocycles. The molecular formula is C10H22O3. The molecule has 3 nitrogen and oxygen atoms in total. The predicted molar refractivity (Wildman–Crippen MR) is 52.7 cm³/mol. The van der Waals surface area contributed by atoms with E-state index in [2.05, 4.69) is 0 Å². The van der Waals surface area contributed by atoms with Crippen LogP contribution >= 0.6 is 0 Å². The molecule has 0 saturated heterocycles. The summed E-state index contributed by atoms with van der Waals surface area (Å²) in [6.07, 6.45) is 0.335. The smallest absolute Gasteiger partial charge is 0.155 e. The normalized spacial score (nSPS) is 14.1. The van der Waals surface area contributed by atoms with Crippen LogP contribution in [0.2, 0.25) is 0 Å². The van der Waals surface area contributed by atoms with Gasteiger partial charge >= 0.3 is 0 Å². The average Bonchev–Trinajstić information content (AvgIpc) is 1.96. The van der Waals surface area contributed by atoms with Gasteiger partial charge in [0.15, 0.2) is 6.29 Å². The summed E-state index contributed by atoms with van der Waals surface area (Å²) in [6.45, 7) is 11.1. The van der Waals surface area contributed by atoms with Crippen molar-refractivity contribution in [2.45, 2.75) is 53.1 Å². The minimum atomic E-state index is -0.143. The Labute approximate surface area is 81.4 Å². The van der Waals surface area contributed by atoms with Crippen LogP contribution in [0.15, 0.2) is 0 Å². The van der Waals surface area contributed by atoms with E-state index in [1.807, 2.05) is 34.6 Å². The van der Waals surface area contributed by atoms with Crippen LogP contribution in [0.3, 0.4) is 0 Å². The van der Waals surface area contributed by atoms with Gasteiger partial charge in [0.05, 0.1) is 25.4 Å². The largest absolute Gasteiger partial charge is 0.376 e. The zero-order valence-electron chi connectivity index (χ0n) is 9.37. The van der Waals surface area contributed by atoms with E-state index in [-0.39, 0.29) is 18.5 Å². The van der Waals surface area contributed by atoms with Crippen molar-refractivity contribution < 1.29 is 14.2 Å². The lowest BCUT2D eigenvalue weighted by Gasteiger charge is -2.17. The first kappa shape index (κ1) is 12.9. The van der Waals surface area contributed by atoms with Gasteiger partial charge in [-0.2, -0.15) is 0 Å². The monoisotopic (exact) mass is 190 g/mol. The first-order chi connectivity index (χ1) is 6.02. The molecule has 0 amide bonds. The highest BCUT2D eigenvalue weighted by atomic mass is 16.7. The number of rotatable bonds is 7. The standard InChI is InChI=1S/C10H22O3/c1-8(2)11-6-7-12-10(5)13-9(3)4/h8-10H,6-7H2,1-5H3. The van der Waals surface area contributed by atoms with Gasteiger partial charge in [-0.15, -0.1) is 0 Å². The van der Waals surface area contributed by atoms with E-state index >= 15 is 0 Å². The molecular weight excluding hydrogens is 168 g/mol. The molecule has 0 aliphatic carbocycles. The Bertz CT molecular complexity index is 113. The van der Waals surface area contributed by atoms with E-state index in [0.717, 1.165) is 0 Å². The van der Waals surface area contributed by atoms with Crippen molar-refractivity contribution in [2.75, 3.05) is 13.2 Å². The van der Waals surface area contributed by atoms with Crippen molar-refractivity contribution in [1.82, 2.24) is 0 Å². The average molecular weight is 190 g/mol. The first-order valence-corrected chi connectivity index (χ1v) is 4.91. The maximum absolute atomic E-state index is 5.38. The van der Waals surface area contributed by atoms with Gasteiger partial charge in [-0.05, 0) is 34.6 Å². The van der Waals surface area contributed by atoms with Crippen LogP contribution in [0.25, 0.3) is 0 Å². The van der Waals surface area contributed by atoms with Gasteiger partial charge in [0.2, 0.25) is 0 Å². The van der Waals surface area contributed by atoms with E-state index in [1.54, 1.807) is 0 Å². The Morgan fingerprint density at radius 1 is 0.769 bits per heavy atom. The Hall–Kier alpha value is -0.120. The van der Waals surface area contributed by atoms with Crippen molar-refractivity contribution in [3.63, 3.8) is 0 Å². The molecule has 0 fully saturated rings. The number of hydrogen-bond donors (Lipinski definition) is 0. The fourth-order valence-corrected chi connectivity index (χ4v) is 0.920. The molecule has 80 valence electrons. The molecule has 3 heteroatoms. The van der Waals surface area contributed by atoms with E-state index in [0.29, 0.717) is 13.2 Å². The minimum Gasteiger partial charge on any atom is -0.376 e. The molecule has 1 atom stereocenters. The molecule has 0 heterocycles. The highest BCUT2D eigenvalue weighted by molar-refractivity contribution is 4.41. The highest BCUT2D eigenvalue weighted by Crippen LogP contribution is 1.98. The molecule has 13 heavy (non-hydrogen) atoms. The molecule has 0 rings (SSSR count). The van der Waals surface area contributed by atoms with Crippen molar-refractivity contribution in [3.8, 4) is 0 Å². The second kappa shape index (κ2) is 7.30.